The molecule has 0 spiro atoms. The van der Waals surface area contributed by atoms with Gasteiger partial charge in [0.2, 0.25) is 5.91 Å². The van der Waals surface area contributed by atoms with E-state index in [1.54, 1.807) is 18.7 Å². The smallest absolute Gasteiger partial charge is 0.339 e. The molecule has 1 saturated heterocycles. The molecule has 0 aliphatic carbocycles. The Kier molecular flexibility index (Phi) is 7.05. The molecule has 2 rings (SSSR count). The molecule has 1 aromatic heterocycles. The molecule has 0 aromatic carbocycles. The second kappa shape index (κ2) is 9.06. The van der Waals surface area contributed by atoms with Gasteiger partial charge in [0.25, 0.3) is 5.91 Å². The monoisotopic (exact) mass is 377 g/mol. The summed E-state index contributed by atoms with van der Waals surface area (Å²) >= 11 is 0. The number of hydrogen-bond acceptors (Lipinski definition) is 4. The molecule has 1 aliphatic heterocycles. The van der Waals surface area contributed by atoms with Gasteiger partial charge in [-0.1, -0.05) is 13.8 Å². The third-order valence-electron chi connectivity index (χ3n) is 5.14. The van der Waals surface area contributed by atoms with Crippen molar-refractivity contribution in [2.75, 3.05) is 26.7 Å². The van der Waals surface area contributed by atoms with Gasteiger partial charge in [0.15, 0.2) is 0 Å². The molecule has 1 atom stereocenters. The highest BCUT2D eigenvalue weighted by Gasteiger charge is 2.31. The van der Waals surface area contributed by atoms with E-state index in [2.05, 4.69) is 24.1 Å². The fraction of sp³-hybridized carbons (Fsp3) is 0.650. The standard InChI is InChI=1S/C20H31N3O4/c1-12(2)8-9-21-18(24)15-7-6-10-23(11-15)19(25)17-13(3)16(14(4)22-17)20(26)27-5/h12,15,22H,6-11H2,1-5H3,(H,21,24)/t15-/m0/s1. The first kappa shape index (κ1) is 21.0. The lowest BCUT2D eigenvalue weighted by molar-refractivity contribution is -0.126. The van der Waals surface area contributed by atoms with Crippen LogP contribution in [0, 0.1) is 25.7 Å². The van der Waals surface area contributed by atoms with Gasteiger partial charge in [-0.15, -0.1) is 0 Å². The van der Waals surface area contributed by atoms with Gasteiger partial charge in [0.05, 0.1) is 18.6 Å². The van der Waals surface area contributed by atoms with E-state index in [0.717, 1.165) is 19.3 Å². The highest BCUT2D eigenvalue weighted by molar-refractivity contribution is 6.00. The molecule has 0 unspecified atom stereocenters. The van der Waals surface area contributed by atoms with E-state index in [9.17, 15) is 14.4 Å². The zero-order chi connectivity index (χ0) is 20.1. The molecular weight excluding hydrogens is 346 g/mol. The van der Waals surface area contributed by atoms with Crippen molar-refractivity contribution in [2.24, 2.45) is 11.8 Å². The maximum absolute atomic E-state index is 13.0. The van der Waals surface area contributed by atoms with E-state index in [-0.39, 0.29) is 17.7 Å². The first-order chi connectivity index (χ1) is 12.8. The Labute approximate surface area is 160 Å². The largest absolute Gasteiger partial charge is 0.465 e. The quantitative estimate of drug-likeness (QED) is 0.745. The molecule has 0 saturated carbocycles. The fourth-order valence-corrected chi connectivity index (χ4v) is 3.53. The number of methoxy groups -OCH3 is 1. The van der Waals surface area contributed by atoms with Crippen LogP contribution < -0.4 is 5.32 Å². The molecule has 150 valence electrons. The molecular formula is C20H31N3O4. The minimum absolute atomic E-state index is 0.0165. The van der Waals surface area contributed by atoms with Gasteiger partial charge < -0.3 is 19.9 Å². The zero-order valence-electron chi connectivity index (χ0n) is 17.0. The van der Waals surface area contributed by atoms with Crippen LogP contribution in [-0.2, 0) is 9.53 Å². The summed E-state index contributed by atoms with van der Waals surface area (Å²) in [4.78, 5) is 42.1. The normalized spacial score (nSPS) is 17.1. The van der Waals surface area contributed by atoms with Crippen molar-refractivity contribution in [3.8, 4) is 0 Å². The summed E-state index contributed by atoms with van der Waals surface area (Å²) in [6.45, 7) is 9.41. The van der Waals surface area contributed by atoms with Crippen LogP contribution >= 0.6 is 0 Å². The number of aryl methyl sites for hydroxylation is 1. The molecule has 2 N–H and O–H groups in total. The predicted molar refractivity (Wildman–Crippen MR) is 103 cm³/mol. The van der Waals surface area contributed by atoms with Crippen molar-refractivity contribution in [1.29, 1.82) is 0 Å². The molecule has 1 fully saturated rings. The van der Waals surface area contributed by atoms with Gasteiger partial charge in [-0.05, 0) is 44.6 Å². The number of hydrogen-bond donors (Lipinski definition) is 2. The third kappa shape index (κ3) is 4.90. The summed E-state index contributed by atoms with van der Waals surface area (Å²) in [6.07, 6.45) is 2.52. The van der Waals surface area contributed by atoms with E-state index < -0.39 is 5.97 Å². The average Bonchev–Trinajstić information content (AvgIpc) is 2.94. The van der Waals surface area contributed by atoms with Crippen LogP contribution in [0.2, 0.25) is 0 Å². The number of piperidine rings is 1. The molecule has 1 aliphatic rings. The number of carbonyl (C=O) groups is 3. The van der Waals surface area contributed by atoms with E-state index in [0.29, 0.717) is 48.1 Å². The van der Waals surface area contributed by atoms with Crippen LogP contribution in [0.15, 0.2) is 0 Å². The maximum Gasteiger partial charge on any atom is 0.339 e. The topological polar surface area (TPSA) is 91.5 Å². The van der Waals surface area contributed by atoms with Crippen molar-refractivity contribution in [3.63, 3.8) is 0 Å². The van der Waals surface area contributed by atoms with E-state index >= 15 is 0 Å². The van der Waals surface area contributed by atoms with E-state index in [4.69, 9.17) is 4.74 Å². The summed E-state index contributed by atoms with van der Waals surface area (Å²) < 4.78 is 4.80. The summed E-state index contributed by atoms with van der Waals surface area (Å²) in [6, 6.07) is 0. The van der Waals surface area contributed by atoms with Crippen molar-refractivity contribution < 1.29 is 19.1 Å². The van der Waals surface area contributed by atoms with Gasteiger partial charge in [-0.25, -0.2) is 4.79 Å². The number of nitrogens with one attached hydrogen (secondary N) is 2. The van der Waals surface area contributed by atoms with E-state index in [1.165, 1.54) is 7.11 Å². The number of esters is 1. The number of amides is 2. The summed E-state index contributed by atoms with van der Waals surface area (Å²) in [7, 11) is 1.32. The second-order valence-corrected chi connectivity index (χ2v) is 7.68. The van der Waals surface area contributed by atoms with Crippen LogP contribution in [0.5, 0.6) is 0 Å². The first-order valence-electron chi connectivity index (χ1n) is 9.60. The summed E-state index contributed by atoms with van der Waals surface area (Å²) in [5.74, 6) is -0.265. The van der Waals surface area contributed by atoms with Gasteiger partial charge in [0.1, 0.15) is 5.69 Å². The number of ether oxygens (including phenoxy) is 1. The van der Waals surface area contributed by atoms with Crippen molar-refractivity contribution in [1.82, 2.24) is 15.2 Å². The van der Waals surface area contributed by atoms with Gasteiger partial charge in [-0.3, -0.25) is 9.59 Å². The lowest BCUT2D eigenvalue weighted by Crippen LogP contribution is -2.46. The maximum atomic E-state index is 13.0. The Hall–Kier alpha value is -2.31. The SMILES string of the molecule is COC(=O)c1c(C)[nH]c(C(=O)N2CCC[C@H](C(=O)NCCC(C)C)C2)c1C. The third-order valence-corrected chi connectivity index (χ3v) is 5.14. The van der Waals surface area contributed by atoms with Gasteiger partial charge in [-0.2, -0.15) is 0 Å². The number of rotatable bonds is 6. The van der Waals surface area contributed by atoms with Crippen LogP contribution in [-0.4, -0.2) is 54.4 Å². The Morgan fingerprint density at radius 1 is 1.30 bits per heavy atom. The first-order valence-corrected chi connectivity index (χ1v) is 9.60. The van der Waals surface area contributed by atoms with Crippen molar-refractivity contribution in [2.45, 2.75) is 47.0 Å². The van der Waals surface area contributed by atoms with Crippen LogP contribution in [0.4, 0.5) is 0 Å². The predicted octanol–water partition coefficient (Wildman–Crippen LogP) is 2.43. The van der Waals surface area contributed by atoms with Crippen LogP contribution in [0.25, 0.3) is 0 Å². The molecule has 7 nitrogen and oxygen atoms in total. The lowest BCUT2D eigenvalue weighted by atomic mass is 9.96. The van der Waals surface area contributed by atoms with Crippen LogP contribution in [0.1, 0.15) is 65.2 Å². The average molecular weight is 377 g/mol. The van der Waals surface area contributed by atoms with E-state index in [1.807, 2.05) is 0 Å². The van der Waals surface area contributed by atoms with Crippen LogP contribution in [0.3, 0.4) is 0 Å². The molecule has 0 radical (unpaired) electrons. The Morgan fingerprint density at radius 2 is 2.00 bits per heavy atom. The minimum atomic E-state index is -0.457. The minimum Gasteiger partial charge on any atom is -0.465 e. The Balaban J connectivity index is 2.07. The fourth-order valence-electron chi connectivity index (χ4n) is 3.53. The molecule has 7 heteroatoms. The lowest BCUT2D eigenvalue weighted by Gasteiger charge is -2.32. The molecule has 1 aromatic rings. The molecule has 2 heterocycles. The Bertz CT molecular complexity index is 708. The number of H-pyrrole nitrogens is 1. The zero-order valence-corrected chi connectivity index (χ0v) is 17.0. The highest BCUT2D eigenvalue weighted by atomic mass is 16.5. The molecule has 0 bridgehead atoms. The number of nitrogens with zero attached hydrogens (tertiary/aromatic N) is 1. The molecule has 2 amide bonds. The summed E-state index contributed by atoms with van der Waals surface area (Å²) in [5.41, 5.74) is 2.00. The van der Waals surface area contributed by atoms with Crippen molar-refractivity contribution >= 4 is 17.8 Å². The Morgan fingerprint density at radius 3 is 2.63 bits per heavy atom. The number of carbonyl (C=O) groups excluding carboxylic acids is 3. The summed E-state index contributed by atoms with van der Waals surface area (Å²) in [5, 5.41) is 2.98. The highest BCUT2D eigenvalue weighted by Crippen LogP contribution is 2.23. The van der Waals surface area contributed by atoms with Gasteiger partial charge in [0, 0.05) is 25.3 Å². The van der Waals surface area contributed by atoms with Crippen molar-refractivity contribution in [3.05, 3.63) is 22.5 Å². The van der Waals surface area contributed by atoms with Gasteiger partial charge >= 0.3 is 5.97 Å². The molecule has 27 heavy (non-hydrogen) atoms. The number of likely N-dealkylation sites (tertiary alicyclic amines) is 1. The second-order valence-electron chi connectivity index (χ2n) is 7.68. The number of aromatic amines is 1. The number of aromatic nitrogens is 1.